The van der Waals surface area contributed by atoms with Crippen LogP contribution in [0, 0.1) is 0 Å². The third kappa shape index (κ3) is 3.94. The molecule has 23 heavy (non-hydrogen) atoms. The van der Waals surface area contributed by atoms with Crippen molar-refractivity contribution in [2.45, 2.75) is 6.92 Å². The van der Waals surface area contributed by atoms with E-state index in [1.165, 1.54) is 12.1 Å². The van der Waals surface area contributed by atoms with Gasteiger partial charge >= 0.3 is 11.9 Å². The Labute approximate surface area is 133 Å². The SMILES string of the molecule is CCOC(=O)/C(=N\O)c1ccccc1OC(=O)c1ccccc1. The fraction of sp³-hybridized carbons (Fsp3) is 0.118. The van der Waals surface area contributed by atoms with Gasteiger partial charge in [0, 0.05) is 0 Å². The molecule has 2 aromatic rings. The maximum absolute atomic E-state index is 12.1. The Hall–Kier alpha value is -3.15. The molecule has 0 heterocycles. The monoisotopic (exact) mass is 313 g/mol. The lowest BCUT2D eigenvalue weighted by Crippen LogP contribution is -2.20. The van der Waals surface area contributed by atoms with Gasteiger partial charge in [-0.2, -0.15) is 0 Å². The van der Waals surface area contributed by atoms with E-state index < -0.39 is 11.9 Å². The summed E-state index contributed by atoms with van der Waals surface area (Å²) in [6.45, 7) is 1.76. The molecule has 0 fully saturated rings. The van der Waals surface area contributed by atoms with Crippen LogP contribution in [0.4, 0.5) is 0 Å². The van der Waals surface area contributed by atoms with Crippen LogP contribution in [-0.4, -0.2) is 29.5 Å². The van der Waals surface area contributed by atoms with Crippen molar-refractivity contribution in [1.82, 2.24) is 0 Å². The number of esters is 2. The summed E-state index contributed by atoms with van der Waals surface area (Å²) in [6, 6.07) is 14.7. The summed E-state index contributed by atoms with van der Waals surface area (Å²) in [5.74, 6) is -1.29. The summed E-state index contributed by atoms with van der Waals surface area (Å²) in [4.78, 5) is 24.0. The minimum Gasteiger partial charge on any atom is -0.461 e. The predicted octanol–water partition coefficient (Wildman–Crippen LogP) is 2.65. The second-order valence-electron chi connectivity index (χ2n) is 4.42. The first-order valence-corrected chi connectivity index (χ1v) is 6.93. The summed E-state index contributed by atoms with van der Waals surface area (Å²) in [7, 11) is 0. The zero-order chi connectivity index (χ0) is 16.7. The first-order chi connectivity index (χ1) is 11.2. The highest BCUT2D eigenvalue weighted by molar-refractivity contribution is 6.43. The molecule has 6 nitrogen and oxygen atoms in total. The molecule has 2 rings (SSSR count). The molecule has 0 radical (unpaired) electrons. The number of para-hydroxylation sites is 1. The molecule has 2 aromatic carbocycles. The van der Waals surface area contributed by atoms with E-state index in [0.717, 1.165) is 0 Å². The van der Waals surface area contributed by atoms with Gasteiger partial charge in [-0.25, -0.2) is 9.59 Å². The van der Waals surface area contributed by atoms with Crippen LogP contribution in [0.15, 0.2) is 59.8 Å². The molecule has 118 valence electrons. The highest BCUT2D eigenvalue weighted by atomic mass is 16.5. The van der Waals surface area contributed by atoms with Crippen LogP contribution in [-0.2, 0) is 9.53 Å². The topological polar surface area (TPSA) is 85.2 Å². The average molecular weight is 313 g/mol. The normalized spacial score (nSPS) is 10.9. The Kier molecular flexibility index (Phi) is 5.46. The van der Waals surface area contributed by atoms with E-state index in [0.29, 0.717) is 5.56 Å². The van der Waals surface area contributed by atoms with Crippen molar-refractivity contribution in [3.63, 3.8) is 0 Å². The van der Waals surface area contributed by atoms with Crippen LogP contribution in [0.5, 0.6) is 5.75 Å². The number of benzene rings is 2. The highest BCUT2D eigenvalue weighted by Crippen LogP contribution is 2.21. The molecule has 1 N–H and O–H groups in total. The fourth-order valence-corrected chi connectivity index (χ4v) is 1.89. The summed E-state index contributed by atoms with van der Waals surface area (Å²) < 4.78 is 10.1. The predicted molar refractivity (Wildman–Crippen MR) is 82.8 cm³/mol. The lowest BCUT2D eigenvalue weighted by Gasteiger charge is -2.10. The number of hydrogen-bond acceptors (Lipinski definition) is 6. The van der Waals surface area contributed by atoms with Crippen molar-refractivity contribution in [2.75, 3.05) is 6.61 Å². The molecule has 0 unspecified atom stereocenters. The summed E-state index contributed by atoms with van der Waals surface area (Å²) in [5, 5.41) is 12.1. The quantitative estimate of drug-likeness (QED) is 0.301. The second-order valence-corrected chi connectivity index (χ2v) is 4.42. The van der Waals surface area contributed by atoms with Crippen LogP contribution < -0.4 is 4.74 Å². The first-order valence-electron chi connectivity index (χ1n) is 6.93. The minimum atomic E-state index is -0.807. The number of oxime groups is 1. The van der Waals surface area contributed by atoms with E-state index in [4.69, 9.17) is 14.7 Å². The van der Waals surface area contributed by atoms with E-state index in [1.807, 2.05) is 0 Å². The average Bonchev–Trinajstić information content (AvgIpc) is 2.58. The zero-order valence-electron chi connectivity index (χ0n) is 12.4. The van der Waals surface area contributed by atoms with Crippen molar-refractivity contribution in [3.05, 3.63) is 65.7 Å². The number of rotatable bonds is 5. The van der Waals surface area contributed by atoms with E-state index in [9.17, 15) is 9.59 Å². The second kappa shape index (κ2) is 7.74. The number of ether oxygens (including phenoxy) is 2. The van der Waals surface area contributed by atoms with Crippen molar-refractivity contribution < 1.29 is 24.3 Å². The summed E-state index contributed by atoms with van der Waals surface area (Å²) in [6.07, 6.45) is 0. The standard InChI is InChI=1S/C17H15NO5/c1-2-22-17(20)15(18-21)13-10-6-7-11-14(13)23-16(19)12-8-4-3-5-9-12/h3-11,21H,2H2,1H3/b18-15-. The van der Waals surface area contributed by atoms with Crippen molar-refractivity contribution >= 4 is 17.7 Å². The van der Waals surface area contributed by atoms with Gasteiger partial charge in [-0.15, -0.1) is 0 Å². The molecule has 0 atom stereocenters. The van der Waals surface area contributed by atoms with Crippen LogP contribution in [0.25, 0.3) is 0 Å². The summed E-state index contributed by atoms with van der Waals surface area (Å²) >= 11 is 0. The van der Waals surface area contributed by atoms with Gasteiger partial charge in [0.2, 0.25) is 0 Å². The largest absolute Gasteiger partial charge is 0.461 e. The molecule has 0 aliphatic rings. The molecule has 0 aromatic heterocycles. The number of nitrogens with zero attached hydrogens (tertiary/aromatic N) is 1. The summed E-state index contributed by atoms with van der Waals surface area (Å²) in [5.41, 5.74) is 0.196. The molecule has 0 aliphatic heterocycles. The number of carbonyl (C=O) groups excluding carboxylic acids is 2. The van der Waals surface area contributed by atoms with Crippen molar-refractivity contribution in [2.24, 2.45) is 5.16 Å². The van der Waals surface area contributed by atoms with Crippen LogP contribution in [0.2, 0.25) is 0 Å². The van der Waals surface area contributed by atoms with Gasteiger partial charge in [0.25, 0.3) is 0 Å². The van der Waals surface area contributed by atoms with Gasteiger partial charge in [-0.1, -0.05) is 35.5 Å². The Balaban J connectivity index is 2.31. The Bertz CT molecular complexity index is 725. The van der Waals surface area contributed by atoms with E-state index in [1.54, 1.807) is 49.4 Å². The third-order valence-corrected chi connectivity index (χ3v) is 2.92. The molecular weight excluding hydrogens is 298 g/mol. The van der Waals surface area contributed by atoms with E-state index in [2.05, 4.69) is 5.16 Å². The van der Waals surface area contributed by atoms with E-state index in [-0.39, 0.29) is 23.6 Å². The molecule has 0 aliphatic carbocycles. The van der Waals surface area contributed by atoms with Crippen molar-refractivity contribution in [3.8, 4) is 5.75 Å². The minimum absolute atomic E-state index is 0.0993. The van der Waals surface area contributed by atoms with Gasteiger partial charge in [-0.3, -0.25) is 0 Å². The Morgan fingerprint density at radius 1 is 1.04 bits per heavy atom. The van der Waals surface area contributed by atoms with Crippen LogP contribution >= 0.6 is 0 Å². The van der Waals surface area contributed by atoms with Gasteiger partial charge in [0.1, 0.15) is 5.75 Å². The molecule has 0 saturated carbocycles. The molecule has 0 bridgehead atoms. The number of carbonyl (C=O) groups is 2. The molecule has 0 saturated heterocycles. The van der Waals surface area contributed by atoms with Gasteiger partial charge < -0.3 is 14.7 Å². The number of hydrogen-bond donors (Lipinski definition) is 1. The van der Waals surface area contributed by atoms with Crippen molar-refractivity contribution in [1.29, 1.82) is 0 Å². The first kappa shape index (κ1) is 16.2. The molecule has 0 amide bonds. The molecular formula is C17H15NO5. The van der Waals surface area contributed by atoms with Gasteiger partial charge in [0.05, 0.1) is 17.7 Å². The maximum atomic E-state index is 12.1. The maximum Gasteiger partial charge on any atom is 0.361 e. The van der Waals surface area contributed by atoms with E-state index >= 15 is 0 Å². The Morgan fingerprint density at radius 3 is 2.35 bits per heavy atom. The third-order valence-electron chi connectivity index (χ3n) is 2.92. The fourth-order valence-electron chi connectivity index (χ4n) is 1.89. The zero-order valence-corrected chi connectivity index (χ0v) is 12.4. The Morgan fingerprint density at radius 2 is 1.70 bits per heavy atom. The van der Waals surface area contributed by atoms with Crippen LogP contribution in [0.1, 0.15) is 22.8 Å². The van der Waals surface area contributed by atoms with Gasteiger partial charge in [0.15, 0.2) is 5.71 Å². The molecule has 0 spiro atoms. The van der Waals surface area contributed by atoms with Gasteiger partial charge in [-0.05, 0) is 31.2 Å². The lowest BCUT2D eigenvalue weighted by molar-refractivity contribution is -0.135. The van der Waals surface area contributed by atoms with Crippen LogP contribution in [0.3, 0.4) is 0 Å². The lowest BCUT2D eigenvalue weighted by atomic mass is 10.1. The smallest absolute Gasteiger partial charge is 0.361 e. The molecule has 6 heteroatoms. The highest BCUT2D eigenvalue weighted by Gasteiger charge is 2.21.